The number of nitrogens with one attached hydrogen (secondary N) is 1. The van der Waals surface area contributed by atoms with Gasteiger partial charge in [0, 0.05) is 5.69 Å². The molecule has 3 heteroatoms. The summed E-state index contributed by atoms with van der Waals surface area (Å²) in [7, 11) is 0. The minimum Gasteiger partial charge on any atom is -0.325 e. The number of carbonyl (C=O) groups is 1. The first-order chi connectivity index (χ1) is 11.5. The molecule has 0 fully saturated rings. The Hall–Kier alpha value is -2.13. The van der Waals surface area contributed by atoms with Gasteiger partial charge in [0.05, 0.1) is 6.04 Å². The fourth-order valence-corrected chi connectivity index (χ4v) is 2.53. The van der Waals surface area contributed by atoms with E-state index in [1.165, 1.54) is 16.7 Å². The van der Waals surface area contributed by atoms with E-state index in [1.54, 1.807) is 0 Å². The SMILES string of the molecule is Cc1ccc(CCCc2ccc(NC(=O)[C@@H](N)C(C)C)cc2)cc1. The second kappa shape index (κ2) is 8.65. The summed E-state index contributed by atoms with van der Waals surface area (Å²) in [6.45, 7) is 6.00. The third kappa shape index (κ3) is 5.50. The molecule has 0 aliphatic rings. The highest BCUT2D eigenvalue weighted by molar-refractivity contribution is 5.94. The van der Waals surface area contributed by atoms with Crippen LogP contribution in [-0.2, 0) is 17.6 Å². The molecule has 24 heavy (non-hydrogen) atoms. The van der Waals surface area contributed by atoms with Crippen LogP contribution in [0, 0.1) is 12.8 Å². The van der Waals surface area contributed by atoms with Gasteiger partial charge in [-0.15, -0.1) is 0 Å². The second-order valence-corrected chi connectivity index (χ2v) is 6.80. The molecule has 0 aromatic heterocycles. The predicted molar refractivity (Wildman–Crippen MR) is 101 cm³/mol. The van der Waals surface area contributed by atoms with Gasteiger partial charge in [-0.2, -0.15) is 0 Å². The molecule has 3 nitrogen and oxygen atoms in total. The van der Waals surface area contributed by atoms with Crippen molar-refractivity contribution in [2.45, 2.75) is 46.1 Å². The summed E-state index contributed by atoms with van der Waals surface area (Å²) in [4.78, 5) is 12.0. The van der Waals surface area contributed by atoms with Crippen molar-refractivity contribution >= 4 is 11.6 Å². The Bertz CT molecular complexity index is 645. The number of hydrogen-bond acceptors (Lipinski definition) is 2. The molecule has 3 N–H and O–H groups in total. The van der Waals surface area contributed by atoms with Crippen molar-refractivity contribution in [1.29, 1.82) is 0 Å². The quantitative estimate of drug-likeness (QED) is 0.806. The molecule has 2 aromatic rings. The number of nitrogens with two attached hydrogens (primary N) is 1. The van der Waals surface area contributed by atoms with E-state index in [4.69, 9.17) is 5.73 Å². The molecule has 0 unspecified atom stereocenters. The van der Waals surface area contributed by atoms with Gasteiger partial charge in [-0.05, 0) is 55.4 Å². The molecular formula is C21H28N2O. The molecule has 0 aliphatic heterocycles. The number of carbonyl (C=O) groups excluding carboxylic acids is 1. The van der Waals surface area contributed by atoms with Gasteiger partial charge >= 0.3 is 0 Å². The van der Waals surface area contributed by atoms with Crippen molar-refractivity contribution in [1.82, 2.24) is 0 Å². The largest absolute Gasteiger partial charge is 0.325 e. The van der Waals surface area contributed by atoms with Gasteiger partial charge in [0.2, 0.25) is 5.91 Å². The highest BCUT2D eigenvalue weighted by atomic mass is 16.2. The minimum absolute atomic E-state index is 0.128. The Morgan fingerprint density at radius 2 is 1.46 bits per heavy atom. The second-order valence-electron chi connectivity index (χ2n) is 6.80. The van der Waals surface area contributed by atoms with Crippen LogP contribution in [0.25, 0.3) is 0 Å². The predicted octanol–water partition coefficient (Wildman–Crippen LogP) is 4.09. The van der Waals surface area contributed by atoms with Gasteiger partial charge < -0.3 is 11.1 Å². The Labute approximate surface area is 145 Å². The topological polar surface area (TPSA) is 55.1 Å². The van der Waals surface area contributed by atoms with Crippen molar-refractivity contribution in [2.75, 3.05) is 5.32 Å². The van der Waals surface area contributed by atoms with Crippen molar-refractivity contribution in [3.05, 3.63) is 65.2 Å². The van der Waals surface area contributed by atoms with Crippen LogP contribution in [0.4, 0.5) is 5.69 Å². The molecule has 128 valence electrons. The number of benzene rings is 2. The van der Waals surface area contributed by atoms with Gasteiger partial charge in [-0.1, -0.05) is 55.8 Å². The van der Waals surface area contributed by atoms with E-state index in [-0.39, 0.29) is 11.8 Å². The number of aryl methyl sites for hydroxylation is 3. The summed E-state index contributed by atoms with van der Waals surface area (Å²) < 4.78 is 0. The Balaban J connectivity index is 1.81. The maximum atomic E-state index is 12.0. The van der Waals surface area contributed by atoms with Crippen molar-refractivity contribution in [3.63, 3.8) is 0 Å². The molecule has 1 atom stereocenters. The molecule has 0 saturated heterocycles. The van der Waals surface area contributed by atoms with Gasteiger partial charge in [-0.3, -0.25) is 4.79 Å². The maximum absolute atomic E-state index is 12.0. The number of hydrogen-bond donors (Lipinski definition) is 2. The molecule has 0 heterocycles. The van der Waals surface area contributed by atoms with E-state index >= 15 is 0 Å². The van der Waals surface area contributed by atoms with E-state index < -0.39 is 6.04 Å². The van der Waals surface area contributed by atoms with Crippen LogP contribution in [0.3, 0.4) is 0 Å². The van der Waals surface area contributed by atoms with Gasteiger partial charge in [0.15, 0.2) is 0 Å². The summed E-state index contributed by atoms with van der Waals surface area (Å²) in [6.07, 6.45) is 3.24. The lowest BCUT2D eigenvalue weighted by molar-refractivity contribution is -0.118. The lowest BCUT2D eigenvalue weighted by Gasteiger charge is -2.15. The van der Waals surface area contributed by atoms with Crippen LogP contribution in [0.1, 0.15) is 37.0 Å². The third-order valence-electron chi connectivity index (χ3n) is 4.29. The monoisotopic (exact) mass is 324 g/mol. The lowest BCUT2D eigenvalue weighted by atomic mass is 10.0. The van der Waals surface area contributed by atoms with Crippen LogP contribution < -0.4 is 11.1 Å². The number of amides is 1. The van der Waals surface area contributed by atoms with Crippen LogP contribution in [0.2, 0.25) is 0 Å². The molecule has 0 aliphatic carbocycles. The van der Waals surface area contributed by atoms with E-state index in [0.29, 0.717) is 0 Å². The summed E-state index contributed by atoms with van der Waals surface area (Å²) in [5.74, 6) is 0.00293. The Morgan fingerprint density at radius 3 is 1.96 bits per heavy atom. The van der Waals surface area contributed by atoms with Crippen LogP contribution in [0.15, 0.2) is 48.5 Å². The van der Waals surface area contributed by atoms with Gasteiger partial charge in [0.1, 0.15) is 0 Å². The summed E-state index contributed by atoms with van der Waals surface area (Å²) >= 11 is 0. The molecule has 0 spiro atoms. The zero-order valence-electron chi connectivity index (χ0n) is 14.9. The Morgan fingerprint density at radius 1 is 0.958 bits per heavy atom. The fourth-order valence-electron chi connectivity index (χ4n) is 2.53. The van der Waals surface area contributed by atoms with Gasteiger partial charge in [-0.25, -0.2) is 0 Å². The molecular weight excluding hydrogens is 296 g/mol. The minimum atomic E-state index is -0.473. The Kier molecular flexibility index (Phi) is 6.56. The van der Waals surface area contributed by atoms with Gasteiger partial charge in [0.25, 0.3) is 0 Å². The third-order valence-corrected chi connectivity index (χ3v) is 4.29. The molecule has 0 radical (unpaired) electrons. The zero-order valence-corrected chi connectivity index (χ0v) is 14.9. The first-order valence-electron chi connectivity index (χ1n) is 8.66. The average molecular weight is 324 g/mol. The highest BCUT2D eigenvalue weighted by Gasteiger charge is 2.16. The zero-order chi connectivity index (χ0) is 17.5. The fraction of sp³-hybridized carbons (Fsp3) is 0.381. The molecule has 1 amide bonds. The normalized spacial score (nSPS) is 12.2. The first kappa shape index (κ1) is 18.2. The van der Waals surface area contributed by atoms with Crippen molar-refractivity contribution in [3.8, 4) is 0 Å². The number of rotatable bonds is 7. The molecule has 2 aromatic carbocycles. The maximum Gasteiger partial charge on any atom is 0.241 e. The van der Waals surface area contributed by atoms with Crippen LogP contribution in [0.5, 0.6) is 0 Å². The average Bonchev–Trinajstić information content (AvgIpc) is 2.57. The number of anilines is 1. The van der Waals surface area contributed by atoms with E-state index in [0.717, 1.165) is 24.9 Å². The van der Waals surface area contributed by atoms with E-state index in [9.17, 15) is 4.79 Å². The smallest absolute Gasteiger partial charge is 0.241 e. The van der Waals surface area contributed by atoms with Crippen molar-refractivity contribution in [2.24, 2.45) is 11.7 Å². The molecule has 2 rings (SSSR count). The van der Waals surface area contributed by atoms with E-state index in [2.05, 4.69) is 48.6 Å². The van der Waals surface area contributed by atoms with Crippen LogP contribution >= 0.6 is 0 Å². The standard InChI is InChI=1S/C21H28N2O/c1-15(2)20(22)21(24)23-19-13-11-18(12-14-19)6-4-5-17-9-7-16(3)8-10-17/h7-15,20H,4-6,22H2,1-3H3,(H,23,24)/t20-/m0/s1. The summed E-state index contributed by atoms with van der Waals surface area (Å²) in [5, 5.41) is 2.87. The highest BCUT2D eigenvalue weighted by Crippen LogP contribution is 2.14. The summed E-state index contributed by atoms with van der Waals surface area (Å²) in [5.41, 5.74) is 10.6. The molecule has 0 bridgehead atoms. The first-order valence-corrected chi connectivity index (χ1v) is 8.66. The lowest BCUT2D eigenvalue weighted by Crippen LogP contribution is -2.39. The molecule has 0 saturated carbocycles. The van der Waals surface area contributed by atoms with E-state index in [1.807, 2.05) is 26.0 Å². The van der Waals surface area contributed by atoms with Crippen LogP contribution in [-0.4, -0.2) is 11.9 Å². The van der Waals surface area contributed by atoms with Crippen molar-refractivity contribution < 1.29 is 4.79 Å². The summed E-state index contributed by atoms with van der Waals surface area (Å²) in [6, 6.07) is 16.3.